The second-order valence-electron chi connectivity index (χ2n) is 13.1. The highest BCUT2D eigenvalue weighted by Gasteiger charge is 2.65. The molecule has 6 rings (SSSR count). The molecule has 4 atom stereocenters. The van der Waals surface area contributed by atoms with Gasteiger partial charge in [-0.1, -0.05) is 49.6 Å². The molecule has 2 heterocycles. The molecule has 2 aliphatic heterocycles. The summed E-state index contributed by atoms with van der Waals surface area (Å²) in [5, 5.41) is 6.47. The van der Waals surface area contributed by atoms with Crippen LogP contribution in [0.2, 0.25) is 0 Å². The molecule has 4 aromatic rings. The summed E-state index contributed by atoms with van der Waals surface area (Å²) < 4.78 is 113. The third-order valence-corrected chi connectivity index (χ3v) is 10.00. The van der Waals surface area contributed by atoms with Crippen LogP contribution in [0, 0.1) is 0 Å². The Morgan fingerprint density at radius 2 is 0.982 bits per heavy atom. The van der Waals surface area contributed by atoms with Crippen molar-refractivity contribution in [2.45, 2.75) is 49.5 Å². The molecule has 0 radical (unpaired) electrons. The molecule has 0 aliphatic carbocycles. The molecule has 296 valence electrons. The van der Waals surface area contributed by atoms with E-state index >= 15 is 4.79 Å². The predicted octanol–water partition coefficient (Wildman–Crippen LogP) is 9.10. The minimum absolute atomic E-state index is 0.00338. The minimum Gasteiger partial charge on any atom is -0.497 e. The first-order valence-corrected chi connectivity index (χ1v) is 17.3. The van der Waals surface area contributed by atoms with E-state index in [9.17, 15) is 26.3 Å². The van der Waals surface area contributed by atoms with E-state index in [-0.39, 0.29) is 47.2 Å². The minimum atomic E-state index is -5.00. The average molecular weight is 785 g/mol. The molecule has 4 unspecified atom stereocenters. The summed E-state index contributed by atoms with van der Waals surface area (Å²) in [6.45, 7) is 10.9. The molecule has 0 bridgehead atoms. The van der Waals surface area contributed by atoms with Crippen LogP contribution in [0.25, 0.3) is 0 Å². The maximum Gasteiger partial charge on any atom is 0.573 e. The first-order chi connectivity index (χ1) is 26.5. The van der Waals surface area contributed by atoms with Crippen molar-refractivity contribution in [2.24, 2.45) is 0 Å². The molecule has 0 spiro atoms. The molecular weight excluding hydrogens is 746 g/mol. The summed E-state index contributed by atoms with van der Waals surface area (Å²) in [7, 11) is 2.90. The summed E-state index contributed by atoms with van der Waals surface area (Å²) >= 11 is 0. The summed E-state index contributed by atoms with van der Waals surface area (Å²) in [5.74, 6) is -0.413. The van der Waals surface area contributed by atoms with Crippen LogP contribution in [0.3, 0.4) is 0 Å². The molecule has 56 heavy (non-hydrogen) atoms. The molecule has 9 nitrogen and oxygen atoms in total. The molecule has 0 fully saturated rings. The maximum absolute atomic E-state index is 16.7. The Hall–Kier alpha value is -5.99. The SMILES string of the molecule is C=CCOc1cc(OC)ccc1C1(C(=O)C2(c3ccc(OC)cc3OCC=C)c3ccc(OC(F)(F)F)cc3NC2C)c2ccc(OC(F)(F)F)cc2NC1C. The number of anilines is 2. The van der Waals surface area contributed by atoms with Gasteiger partial charge in [0.25, 0.3) is 0 Å². The highest BCUT2D eigenvalue weighted by molar-refractivity contribution is 6.11. The van der Waals surface area contributed by atoms with Crippen molar-refractivity contribution in [3.05, 3.63) is 120 Å². The van der Waals surface area contributed by atoms with Gasteiger partial charge in [0.05, 0.1) is 14.2 Å². The lowest BCUT2D eigenvalue weighted by Gasteiger charge is -2.44. The van der Waals surface area contributed by atoms with Crippen LogP contribution < -0.4 is 39.1 Å². The molecule has 4 aromatic carbocycles. The quantitative estimate of drug-likeness (QED) is 0.0959. The zero-order chi connectivity index (χ0) is 40.6. The molecule has 0 amide bonds. The van der Waals surface area contributed by atoms with Gasteiger partial charge in [0.15, 0.2) is 5.78 Å². The third-order valence-electron chi connectivity index (χ3n) is 10.00. The van der Waals surface area contributed by atoms with E-state index in [4.69, 9.17) is 18.9 Å². The Balaban J connectivity index is 1.74. The van der Waals surface area contributed by atoms with Gasteiger partial charge in [-0.05, 0) is 49.2 Å². The van der Waals surface area contributed by atoms with Gasteiger partial charge in [-0.25, -0.2) is 0 Å². The summed E-state index contributed by atoms with van der Waals surface area (Å²) in [4.78, 5) is 16.7. The number of halogens is 6. The molecule has 15 heteroatoms. The average Bonchev–Trinajstić information content (AvgIpc) is 3.60. The smallest absolute Gasteiger partial charge is 0.497 e. The lowest BCUT2D eigenvalue weighted by Crippen LogP contribution is -2.58. The Morgan fingerprint density at radius 3 is 1.32 bits per heavy atom. The van der Waals surface area contributed by atoms with Crippen LogP contribution in [0.1, 0.15) is 36.1 Å². The second-order valence-corrected chi connectivity index (χ2v) is 13.1. The van der Waals surface area contributed by atoms with Gasteiger partial charge in [-0.15, -0.1) is 26.3 Å². The van der Waals surface area contributed by atoms with Gasteiger partial charge in [0.1, 0.15) is 58.5 Å². The Bertz CT molecular complexity index is 2010. The summed E-state index contributed by atoms with van der Waals surface area (Å²) in [6, 6.07) is 15.2. The lowest BCUT2D eigenvalue weighted by atomic mass is 9.56. The number of hydrogen-bond acceptors (Lipinski definition) is 9. The van der Waals surface area contributed by atoms with Crippen LogP contribution in [0.4, 0.5) is 37.7 Å². The number of fused-ring (bicyclic) bond motifs is 2. The van der Waals surface area contributed by atoms with Crippen LogP contribution in [-0.2, 0) is 15.6 Å². The highest BCUT2D eigenvalue weighted by Crippen LogP contribution is 2.59. The van der Waals surface area contributed by atoms with Crippen molar-refractivity contribution in [3.63, 3.8) is 0 Å². The Kier molecular flexibility index (Phi) is 10.6. The standard InChI is InChI=1S/C41H38F6N2O7/c1-7-17-53-35-21-25(51-5)9-15-31(35)38(23(3)48-33-19-27(11-13-29(33)38)55-40(42,43)44)37(50)39(32-16-10-26(52-6)22-36(32)54-18-8-2)24(4)49-34-20-28(12-14-30(34)39)56-41(45,46)47/h7-16,19-24,48-49H,1-2,17-18H2,3-6H3. The fourth-order valence-electron chi connectivity index (χ4n) is 7.91. The van der Waals surface area contributed by atoms with E-state index < -0.39 is 52.9 Å². The van der Waals surface area contributed by atoms with Crippen LogP contribution in [-0.4, -0.2) is 58.0 Å². The highest BCUT2D eigenvalue weighted by atomic mass is 19.4. The van der Waals surface area contributed by atoms with E-state index in [0.717, 1.165) is 24.3 Å². The van der Waals surface area contributed by atoms with Crippen molar-refractivity contribution in [2.75, 3.05) is 38.1 Å². The number of alkyl halides is 6. The fraction of sp³-hybridized carbons (Fsp3) is 0.293. The number of carbonyl (C=O) groups is 1. The van der Waals surface area contributed by atoms with Crippen LogP contribution in [0.15, 0.2) is 98.1 Å². The van der Waals surface area contributed by atoms with Crippen molar-refractivity contribution in [3.8, 4) is 34.5 Å². The third kappa shape index (κ3) is 6.90. The molecule has 2 aliphatic rings. The van der Waals surface area contributed by atoms with Gasteiger partial charge < -0.3 is 39.1 Å². The topological polar surface area (TPSA) is 96.5 Å². The van der Waals surface area contributed by atoms with E-state index in [1.54, 1.807) is 50.2 Å². The lowest BCUT2D eigenvalue weighted by molar-refractivity contribution is -0.275. The predicted molar refractivity (Wildman–Crippen MR) is 196 cm³/mol. The number of nitrogens with one attached hydrogen (secondary N) is 2. The van der Waals surface area contributed by atoms with Crippen molar-refractivity contribution in [1.82, 2.24) is 0 Å². The van der Waals surface area contributed by atoms with E-state index in [1.807, 2.05) is 0 Å². The van der Waals surface area contributed by atoms with Crippen LogP contribution in [0.5, 0.6) is 34.5 Å². The van der Waals surface area contributed by atoms with Gasteiger partial charge in [-0.3, -0.25) is 4.79 Å². The fourth-order valence-corrected chi connectivity index (χ4v) is 7.91. The second kappa shape index (κ2) is 14.9. The monoisotopic (exact) mass is 784 g/mol. The molecule has 0 saturated carbocycles. The number of rotatable bonds is 14. The summed E-state index contributed by atoms with van der Waals surface area (Å²) in [5.41, 5.74) is -2.10. The van der Waals surface area contributed by atoms with Crippen molar-refractivity contribution in [1.29, 1.82) is 0 Å². The number of ketones is 1. The van der Waals surface area contributed by atoms with Gasteiger partial charge in [0.2, 0.25) is 0 Å². The van der Waals surface area contributed by atoms with Crippen molar-refractivity contribution >= 4 is 17.2 Å². The molecule has 0 aromatic heterocycles. The van der Waals surface area contributed by atoms with E-state index in [1.165, 1.54) is 38.5 Å². The molecule has 2 N–H and O–H groups in total. The van der Waals surface area contributed by atoms with Gasteiger partial charge in [-0.2, -0.15) is 0 Å². The van der Waals surface area contributed by atoms with Crippen molar-refractivity contribution < 1.29 is 59.6 Å². The van der Waals surface area contributed by atoms with Gasteiger partial charge >= 0.3 is 12.7 Å². The number of hydrogen-bond donors (Lipinski definition) is 2. The normalized spacial score (nSPS) is 21.1. The number of benzene rings is 4. The number of ether oxygens (including phenoxy) is 6. The Morgan fingerprint density at radius 1 is 0.625 bits per heavy atom. The molecule has 0 saturated heterocycles. The zero-order valence-electron chi connectivity index (χ0n) is 30.7. The van der Waals surface area contributed by atoms with E-state index in [0.29, 0.717) is 22.6 Å². The zero-order valence-corrected chi connectivity index (χ0v) is 30.7. The Labute approximate surface area is 318 Å². The number of Topliss-reactive ketones (excluding diaryl/α,β-unsaturated/α-hetero) is 1. The molecular formula is C41H38F6N2O7. The first kappa shape index (κ1) is 39.7. The van der Waals surface area contributed by atoms with Gasteiger partial charge in [0, 0.05) is 58.9 Å². The van der Waals surface area contributed by atoms with E-state index in [2.05, 4.69) is 33.3 Å². The first-order valence-electron chi connectivity index (χ1n) is 17.3. The number of methoxy groups -OCH3 is 2. The largest absolute Gasteiger partial charge is 0.573 e. The summed E-state index contributed by atoms with van der Waals surface area (Å²) in [6.07, 6.45) is -7.00. The van der Waals surface area contributed by atoms with Crippen LogP contribution >= 0.6 is 0 Å². The maximum atomic E-state index is 16.7. The number of carbonyl (C=O) groups excluding carboxylic acids is 1.